The lowest BCUT2D eigenvalue weighted by Gasteiger charge is -2.12. The second-order valence-electron chi connectivity index (χ2n) is 5.87. The van der Waals surface area contributed by atoms with Crippen molar-refractivity contribution in [3.63, 3.8) is 0 Å². The summed E-state index contributed by atoms with van der Waals surface area (Å²) in [6, 6.07) is 0.636. The molecular formula is C17H36ClN. The largest absolute Gasteiger partial charge is 0.314 e. The molecule has 0 amide bonds. The van der Waals surface area contributed by atoms with E-state index in [9.17, 15) is 0 Å². The molecule has 1 unspecified atom stereocenters. The van der Waals surface area contributed by atoms with Crippen LogP contribution in [0.5, 0.6) is 0 Å². The summed E-state index contributed by atoms with van der Waals surface area (Å²) >= 11 is 5.69. The monoisotopic (exact) mass is 289 g/mol. The Balaban J connectivity index is 3.02. The highest BCUT2D eigenvalue weighted by Crippen LogP contribution is 2.10. The Morgan fingerprint density at radius 1 is 0.789 bits per heavy atom. The number of halogens is 1. The van der Waals surface area contributed by atoms with Crippen molar-refractivity contribution in [1.29, 1.82) is 0 Å². The summed E-state index contributed by atoms with van der Waals surface area (Å²) in [4.78, 5) is 0. The van der Waals surface area contributed by atoms with Gasteiger partial charge in [-0.1, -0.05) is 64.7 Å². The van der Waals surface area contributed by atoms with E-state index in [4.69, 9.17) is 11.6 Å². The van der Waals surface area contributed by atoms with Crippen LogP contribution in [0.1, 0.15) is 90.9 Å². The predicted molar refractivity (Wildman–Crippen MR) is 89.3 cm³/mol. The molecule has 1 nitrogen and oxygen atoms in total. The predicted octanol–water partition coefficient (Wildman–Crippen LogP) is 5.90. The number of hydrogen-bond acceptors (Lipinski definition) is 1. The van der Waals surface area contributed by atoms with Crippen LogP contribution in [0.3, 0.4) is 0 Å². The van der Waals surface area contributed by atoms with Crippen LogP contribution in [0.25, 0.3) is 0 Å². The van der Waals surface area contributed by atoms with Gasteiger partial charge < -0.3 is 5.32 Å². The number of nitrogens with one attached hydrogen (secondary N) is 1. The standard InChI is InChI=1S/C17H36ClN/c1-3-4-5-6-7-8-9-10-11-12-16-19-17(2)14-13-15-18/h17,19H,3-16H2,1-2H3. The molecule has 0 bridgehead atoms. The van der Waals surface area contributed by atoms with Crippen molar-refractivity contribution >= 4 is 11.6 Å². The molecule has 0 saturated heterocycles. The average molecular weight is 290 g/mol. The number of hydrogen-bond donors (Lipinski definition) is 1. The van der Waals surface area contributed by atoms with E-state index in [1.807, 2.05) is 0 Å². The van der Waals surface area contributed by atoms with Gasteiger partial charge in [0, 0.05) is 11.9 Å². The number of alkyl halides is 1. The van der Waals surface area contributed by atoms with Gasteiger partial charge in [-0.2, -0.15) is 0 Å². The summed E-state index contributed by atoms with van der Waals surface area (Å²) in [6.07, 6.45) is 16.5. The van der Waals surface area contributed by atoms with E-state index in [1.54, 1.807) is 0 Å². The third-order valence-electron chi connectivity index (χ3n) is 3.79. The van der Waals surface area contributed by atoms with Crippen molar-refractivity contribution in [3.05, 3.63) is 0 Å². The molecule has 0 heterocycles. The molecule has 0 aromatic heterocycles. The highest BCUT2D eigenvalue weighted by Gasteiger charge is 1.99. The molecule has 0 radical (unpaired) electrons. The smallest absolute Gasteiger partial charge is 0.0224 e. The van der Waals surface area contributed by atoms with Crippen LogP contribution in [-0.2, 0) is 0 Å². The fourth-order valence-corrected chi connectivity index (χ4v) is 2.60. The zero-order valence-corrected chi connectivity index (χ0v) is 14.1. The van der Waals surface area contributed by atoms with E-state index in [-0.39, 0.29) is 0 Å². The first-order valence-corrected chi connectivity index (χ1v) is 9.14. The van der Waals surface area contributed by atoms with Crippen molar-refractivity contribution in [1.82, 2.24) is 5.32 Å². The van der Waals surface area contributed by atoms with Crippen LogP contribution >= 0.6 is 11.6 Å². The molecule has 0 aromatic carbocycles. The molecule has 0 spiro atoms. The summed E-state index contributed by atoms with van der Waals surface area (Å²) in [5.41, 5.74) is 0. The summed E-state index contributed by atoms with van der Waals surface area (Å²) in [7, 11) is 0. The minimum atomic E-state index is 0.636. The molecule has 0 aromatic rings. The lowest BCUT2D eigenvalue weighted by atomic mass is 10.1. The van der Waals surface area contributed by atoms with Crippen LogP contribution in [0.15, 0.2) is 0 Å². The molecule has 0 rings (SSSR count). The second-order valence-corrected chi connectivity index (χ2v) is 6.25. The summed E-state index contributed by atoms with van der Waals surface area (Å²) in [6.45, 7) is 5.73. The minimum Gasteiger partial charge on any atom is -0.314 e. The zero-order chi connectivity index (χ0) is 14.2. The van der Waals surface area contributed by atoms with Gasteiger partial charge in [-0.25, -0.2) is 0 Å². The Bertz CT molecular complexity index is 161. The van der Waals surface area contributed by atoms with E-state index in [1.165, 1.54) is 77.2 Å². The van der Waals surface area contributed by atoms with Crippen LogP contribution in [0, 0.1) is 0 Å². The highest BCUT2D eigenvalue weighted by molar-refractivity contribution is 6.17. The molecule has 0 aliphatic rings. The Morgan fingerprint density at radius 3 is 1.84 bits per heavy atom. The Morgan fingerprint density at radius 2 is 1.32 bits per heavy atom. The van der Waals surface area contributed by atoms with Gasteiger partial charge in [0.1, 0.15) is 0 Å². The van der Waals surface area contributed by atoms with Gasteiger partial charge in [0.05, 0.1) is 0 Å². The van der Waals surface area contributed by atoms with Crippen LogP contribution in [0.2, 0.25) is 0 Å². The first kappa shape index (κ1) is 19.2. The van der Waals surface area contributed by atoms with Crippen LogP contribution in [0.4, 0.5) is 0 Å². The summed E-state index contributed by atoms with van der Waals surface area (Å²) in [5.74, 6) is 0.796. The minimum absolute atomic E-state index is 0.636. The van der Waals surface area contributed by atoms with E-state index < -0.39 is 0 Å². The molecule has 1 atom stereocenters. The first-order valence-electron chi connectivity index (χ1n) is 8.60. The van der Waals surface area contributed by atoms with Gasteiger partial charge >= 0.3 is 0 Å². The Hall–Kier alpha value is 0.250. The van der Waals surface area contributed by atoms with Gasteiger partial charge in [-0.05, 0) is 32.7 Å². The molecule has 19 heavy (non-hydrogen) atoms. The van der Waals surface area contributed by atoms with Gasteiger partial charge in [0.2, 0.25) is 0 Å². The third-order valence-corrected chi connectivity index (χ3v) is 4.06. The quantitative estimate of drug-likeness (QED) is 0.292. The molecule has 1 N–H and O–H groups in total. The van der Waals surface area contributed by atoms with Gasteiger partial charge in [-0.15, -0.1) is 11.6 Å². The van der Waals surface area contributed by atoms with Crippen molar-refractivity contribution in [2.24, 2.45) is 0 Å². The fourth-order valence-electron chi connectivity index (χ4n) is 2.45. The SMILES string of the molecule is CCCCCCCCCCCCNC(C)CCCCl. The highest BCUT2D eigenvalue weighted by atomic mass is 35.5. The van der Waals surface area contributed by atoms with Crippen LogP contribution in [-0.4, -0.2) is 18.5 Å². The van der Waals surface area contributed by atoms with Crippen molar-refractivity contribution in [2.45, 2.75) is 96.9 Å². The topological polar surface area (TPSA) is 12.0 Å². The van der Waals surface area contributed by atoms with E-state index >= 15 is 0 Å². The van der Waals surface area contributed by atoms with Crippen molar-refractivity contribution in [3.8, 4) is 0 Å². The maximum atomic E-state index is 5.69. The molecule has 0 aliphatic carbocycles. The van der Waals surface area contributed by atoms with E-state index in [2.05, 4.69) is 19.2 Å². The summed E-state index contributed by atoms with van der Waals surface area (Å²) in [5, 5.41) is 3.58. The zero-order valence-electron chi connectivity index (χ0n) is 13.4. The Kier molecular flexibility index (Phi) is 16.5. The molecule has 0 aliphatic heterocycles. The van der Waals surface area contributed by atoms with Gasteiger partial charge in [0.25, 0.3) is 0 Å². The average Bonchev–Trinajstić information content (AvgIpc) is 2.42. The maximum absolute atomic E-state index is 5.69. The molecule has 0 saturated carbocycles. The van der Waals surface area contributed by atoms with Gasteiger partial charge in [-0.3, -0.25) is 0 Å². The molecule has 0 fully saturated rings. The molecule has 2 heteroatoms. The van der Waals surface area contributed by atoms with Crippen LogP contribution < -0.4 is 5.32 Å². The summed E-state index contributed by atoms with van der Waals surface area (Å²) < 4.78 is 0. The maximum Gasteiger partial charge on any atom is 0.0224 e. The fraction of sp³-hybridized carbons (Fsp3) is 1.00. The number of unbranched alkanes of at least 4 members (excludes halogenated alkanes) is 9. The first-order chi connectivity index (χ1) is 9.31. The molecule has 116 valence electrons. The second kappa shape index (κ2) is 16.3. The third kappa shape index (κ3) is 16.2. The lowest BCUT2D eigenvalue weighted by molar-refractivity contribution is 0.485. The van der Waals surface area contributed by atoms with Crippen molar-refractivity contribution in [2.75, 3.05) is 12.4 Å². The molecular weight excluding hydrogens is 254 g/mol. The number of rotatable bonds is 15. The normalized spacial score (nSPS) is 12.8. The lowest BCUT2D eigenvalue weighted by Crippen LogP contribution is -2.26. The van der Waals surface area contributed by atoms with Gasteiger partial charge in [0.15, 0.2) is 0 Å². The van der Waals surface area contributed by atoms with E-state index in [0.29, 0.717) is 6.04 Å². The van der Waals surface area contributed by atoms with Crippen molar-refractivity contribution < 1.29 is 0 Å². The van der Waals surface area contributed by atoms with E-state index in [0.717, 1.165) is 12.3 Å². The Labute approximate surface area is 126 Å².